The highest BCUT2D eigenvalue weighted by atomic mass is 32.7. The molecule has 182 valence electrons. The van der Waals surface area contributed by atoms with Crippen LogP contribution in [0.2, 0.25) is 0 Å². The Hall–Kier alpha value is -1.96. The standard InChI is InChI=1S/C19H27N4O8PS/c1-14-12-23(19(25)22-17(14)24)18-16(28-10-9-27-2)11-15(31-18)13-33-32(26,29-7-3-5-20)30-8-4-6-21/h12,15-16,18H,3-4,7-11,13H2,1-2H3,(H,22,24,25). The van der Waals surface area contributed by atoms with Crippen molar-refractivity contribution in [1.29, 1.82) is 10.5 Å². The van der Waals surface area contributed by atoms with Gasteiger partial charge in [-0.15, -0.1) is 0 Å². The number of methoxy groups -OCH3 is 1. The Morgan fingerprint density at radius 2 is 1.88 bits per heavy atom. The van der Waals surface area contributed by atoms with Gasteiger partial charge in [-0.1, -0.05) is 0 Å². The number of ether oxygens (including phenoxy) is 3. The third-order valence-corrected chi connectivity index (χ3v) is 8.39. The van der Waals surface area contributed by atoms with E-state index in [4.69, 9.17) is 33.8 Å². The van der Waals surface area contributed by atoms with Gasteiger partial charge in [0, 0.05) is 31.0 Å². The Bertz CT molecular complexity index is 993. The van der Waals surface area contributed by atoms with E-state index in [9.17, 15) is 14.2 Å². The molecule has 0 spiro atoms. The van der Waals surface area contributed by atoms with Crippen molar-refractivity contribution < 1.29 is 27.8 Å². The molecule has 2 rings (SSSR count). The third kappa shape index (κ3) is 8.40. The number of H-pyrrole nitrogens is 1. The number of rotatable bonds is 14. The average Bonchev–Trinajstić information content (AvgIpc) is 3.18. The lowest BCUT2D eigenvalue weighted by atomic mass is 10.2. The van der Waals surface area contributed by atoms with Gasteiger partial charge in [0.1, 0.15) is 6.10 Å². The molecule has 33 heavy (non-hydrogen) atoms. The molecule has 1 N–H and O–H groups in total. The molecule has 3 atom stereocenters. The quantitative estimate of drug-likeness (QED) is 0.291. The predicted octanol–water partition coefficient (Wildman–Crippen LogP) is 1.87. The summed E-state index contributed by atoms with van der Waals surface area (Å²) in [5.41, 5.74) is -0.772. The monoisotopic (exact) mass is 502 g/mol. The predicted molar refractivity (Wildman–Crippen MR) is 119 cm³/mol. The Balaban J connectivity index is 2.13. The van der Waals surface area contributed by atoms with Crippen LogP contribution in [0.25, 0.3) is 0 Å². The minimum Gasteiger partial charge on any atom is -0.382 e. The molecule has 0 radical (unpaired) electrons. The van der Waals surface area contributed by atoms with E-state index in [-0.39, 0.29) is 38.4 Å². The highest BCUT2D eigenvalue weighted by molar-refractivity contribution is 8.55. The summed E-state index contributed by atoms with van der Waals surface area (Å²) in [6.07, 6.45) is 0.0631. The maximum absolute atomic E-state index is 13.0. The molecule has 14 heteroatoms. The molecule has 1 aliphatic rings. The van der Waals surface area contributed by atoms with E-state index in [1.165, 1.54) is 17.9 Å². The number of nitriles is 2. The summed E-state index contributed by atoms with van der Waals surface area (Å²) >= 11 is 0.901. The zero-order valence-corrected chi connectivity index (χ0v) is 20.1. The molecule has 12 nitrogen and oxygen atoms in total. The number of nitrogens with zero attached hydrogens (tertiary/aromatic N) is 3. The van der Waals surface area contributed by atoms with Gasteiger partial charge in [0.15, 0.2) is 6.23 Å². The van der Waals surface area contributed by atoms with Crippen molar-refractivity contribution in [2.24, 2.45) is 0 Å². The highest BCUT2D eigenvalue weighted by Gasteiger charge is 2.39. The second-order valence-electron chi connectivity index (χ2n) is 6.99. The van der Waals surface area contributed by atoms with Crippen LogP contribution >= 0.6 is 18.2 Å². The summed E-state index contributed by atoms with van der Waals surface area (Å²) in [5, 5.41) is 17.4. The molecule has 0 bridgehead atoms. The van der Waals surface area contributed by atoms with Crippen LogP contribution in [0.1, 0.15) is 31.1 Å². The fraction of sp³-hybridized carbons (Fsp3) is 0.684. The van der Waals surface area contributed by atoms with Crippen molar-refractivity contribution in [3.8, 4) is 12.1 Å². The van der Waals surface area contributed by atoms with Crippen LogP contribution in [-0.2, 0) is 27.8 Å². The molecule has 1 saturated heterocycles. The van der Waals surface area contributed by atoms with Crippen LogP contribution in [-0.4, -0.2) is 61.0 Å². The second kappa shape index (κ2) is 13.7. The Kier molecular flexibility index (Phi) is 11.3. The van der Waals surface area contributed by atoms with E-state index in [0.29, 0.717) is 18.6 Å². The molecule has 0 amide bonds. The topological polar surface area (TPSA) is 166 Å². The number of hydrogen-bond acceptors (Lipinski definition) is 11. The van der Waals surface area contributed by atoms with Gasteiger partial charge in [-0.05, 0) is 18.3 Å². The Morgan fingerprint density at radius 1 is 1.21 bits per heavy atom. The molecule has 1 aromatic rings. The largest absolute Gasteiger partial charge is 0.389 e. The summed E-state index contributed by atoms with van der Waals surface area (Å²) in [4.78, 5) is 26.4. The number of aryl methyl sites for hydroxylation is 1. The number of aromatic amines is 1. The lowest BCUT2D eigenvalue weighted by Crippen LogP contribution is -2.37. The van der Waals surface area contributed by atoms with Crippen molar-refractivity contribution in [2.75, 3.05) is 39.3 Å². The fourth-order valence-corrected chi connectivity index (χ4v) is 6.33. The first-order valence-electron chi connectivity index (χ1n) is 10.2. The minimum atomic E-state index is -3.64. The maximum atomic E-state index is 13.0. The molecule has 0 aromatic carbocycles. The smallest absolute Gasteiger partial charge is 0.382 e. The number of aromatic nitrogens is 2. The van der Waals surface area contributed by atoms with E-state index < -0.39 is 36.5 Å². The molecule has 1 aromatic heterocycles. The third-order valence-electron chi connectivity index (χ3n) is 4.53. The SMILES string of the molecule is COCCOC1CC(CSP(=O)(OCCC#N)OCCC#N)OC1n1cc(C)c(=O)[nH]c1=O. The highest BCUT2D eigenvalue weighted by Crippen LogP contribution is 2.61. The molecule has 3 unspecified atom stereocenters. The van der Waals surface area contributed by atoms with Gasteiger partial charge >= 0.3 is 12.5 Å². The van der Waals surface area contributed by atoms with Crippen LogP contribution in [0.5, 0.6) is 0 Å². The zero-order valence-electron chi connectivity index (χ0n) is 18.4. The van der Waals surface area contributed by atoms with Crippen LogP contribution in [0.4, 0.5) is 0 Å². The van der Waals surface area contributed by atoms with Crippen molar-refractivity contribution in [1.82, 2.24) is 9.55 Å². The lowest BCUT2D eigenvalue weighted by molar-refractivity contribution is -0.0693. The van der Waals surface area contributed by atoms with Crippen molar-refractivity contribution in [3.63, 3.8) is 0 Å². The van der Waals surface area contributed by atoms with Crippen LogP contribution in [0.3, 0.4) is 0 Å². The molecule has 1 aliphatic heterocycles. The van der Waals surface area contributed by atoms with Gasteiger partial charge in [-0.25, -0.2) is 9.36 Å². The van der Waals surface area contributed by atoms with Gasteiger partial charge in [-0.2, -0.15) is 10.5 Å². The second-order valence-corrected chi connectivity index (χ2v) is 11.1. The van der Waals surface area contributed by atoms with E-state index in [0.717, 1.165) is 11.4 Å². The lowest BCUT2D eigenvalue weighted by Gasteiger charge is -2.21. The van der Waals surface area contributed by atoms with Gasteiger partial charge < -0.3 is 14.2 Å². The van der Waals surface area contributed by atoms with E-state index in [1.54, 1.807) is 6.92 Å². The first-order chi connectivity index (χ1) is 15.8. The summed E-state index contributed by atoms with van der Waals surface area (Å²) < 4.78 is 41.8. The van der Waals surface area contributed by atoms with Crippen LogP contribution in [0.15, 0.2) is 15.8 Å². The summed E-state index contributed by atoms with van der Waals surface area (Å²) in [6, 6.07) is 3.80. The molecule has 0 aliphatic carbocycles. The molecular formula is C19H27N4O8PS. The number of hydrogen-bond donors (Lipinski definition) is 1. The Labute approximate surface area is 195 Å². The zero-order chi connectivity index (χ0) is 24.3. The molecule has 0 saturated carbocycles. The van der Waals surface area contributed by atoms with E-state index >= 15 is 0 Å². The van der Waals surface area contributed by atoms with Crippen LogP contribution in [0, 0.1) is 29.6 Å². The fourth-order valence-electron chi connectivity index (χ4n) is 2.97. The molecule has 1 fully saturated rings. The van der Waals surface area contributed by atoms with Crippen molar-refractivity contribution in [3.05, 3.63) is 32.6 Å². The number of nitrogens with one attached hydrogen (secondary N) is 1. The van der Waals surface area contributed by atoms with Gasteiger partial charge in [0.25, 0.3) is 5.56 Å². The molecule has 2 heterocycles. The summed E-state index contributed by atoms with van der Waals surface area (Å²) in [7, 11) is 1.54. The van der Waals surface area contributed by atoms with Gasteiger partial charge in [0.05, 0.1) is 57.5 Å². The average molecular weight is 502 g/mol. The van der Waals surface area contributed by atoms with Crippen molar-refractivity contribution in [2.45, 2.75) is 44.6 Å². The summed E-state index contributed by atoms with van der Waals surface area (Å²) in [5.74, 6) is 0.189. The maximum Gasteiger partial charge on any atom is 0.389 e. The van der Waals surface area contributed by atoms with Gasteiger partial charge in [-0.3, -0.25) is 23.4 Å². The van der Waals surface area contributed by atoms with Gasteiger partial charge in [0.2, 0.25) is 0 Å². The first kappa shape index (κ1) is 27.3. The molecular weight excluding hydrogens is 475 g/mol. The minimum absolute atomic E-state index is 0.0397. The van der Waals surface area contributed by atoms with E-state index in [1.807, 2.05) is 12.1 Å². The first-order valence-corrected chi connectivity index (χ1v) is 13.3. The normalized spacial score (nSPS) is 20.4. The van der Waals surface area contributed by atoms with E-state index in [2.05, 4.69) is 4.98 Å². The Morgan fingerprint density at radius 3 is 2.48 bits per heavy atom. The summed E-state index contributed by atoms with van der Waals surface area (Å²) in [6.45, 7) is -1.59. The van der Waals surface area contributed by atoms with Crippen LogP contribution < -0.4 is 11.2 Å². The van der Waals surface area contributed by atoms with Crippen molar-refractivity contribution >= 4 is 18.2 Å².